The number of benzene rings is 2. The Kier molecular flexibility index (Phi) is 6.89. The molecule has 2 aromatic carbocycles. The average Bonchev–Trinajstić information content (AvgIpc) is 2.50. The van der Waals surface area contributed by atoms with Gasteiger partial charge in [0.1, 0.15) is 0 Å². The van der Waals surface area contributed by atoms with Gasteiger partial charge >= 0.3 is 0 Å². The van der Waals surface area contributed by atoms with Crippen LogP contribution in [0.3, 0.4) is 0 Å². The fourth-order valence-corrected chi connectivity index (χ4v) is 3.52. The van der Waals surface area contributed by atoms with Gasteiger partial charge in [-0.25, -0.2) is 0 Å². The largest absolute Gasteiger partial charge is 0.382 e. The highest BCUT2D eigenvalue weighted by molar-refractivity contribution is 5.58. The molecule has 2 N–H and O–H groups in total. The van der Waals surface area contributed by atoms with Gasteiger partial charge in [-0.05, 0) is 63.8 Å². The van der Waals surface area contributed by atoms with Gasteiger partial charge in [-0.15, -0.1) is 0 Å². The first-order chi connectivity index (χ1) is 11.9. The standard InChI is InChI=1S/C22H32N2O/c1-15-11-17(3)21(18(4)12-15)23-7-9-25-10-8-24-22-19(5)13-16(2)14-20(22)6/h11-14,23-24H,7-10H2,1-6H3. The summed E-state index contributed by atoms with van der Waals surface area (Å²) < 4.78 is 5.76. The third kappa shape index (κ3) is 5.50. The molecule has 0 unspecified atom stereocenters. The fraction of sp³-hybridized carbons (Fsp3) is 0.455. The zero-order valence-electron chi connectivity index (χ0n) is 16.5. The molecule has 3 nitrogen and oxygen atoms in total. The number of nitrogens with one attached hydrogen (secondary N) is 2. The van der Waals surface area contributed by atoms with Crippen LogP contribution in [0, 0.1) is 41.5 Å². The van der Waals surface area contributed by atoms with Gasteiger partial charge in [-0.3, -0.25) is 0 Å². The lowest BCUT2D eigenvalue weighted by Gasteiger charge is -2.15. The number of ether oxygens (including phenoxy) is 1. The molecule has 0 spiro atoms. The van der Waals surface area contributed by atoms with Crippen molar-refractivity contribution in [1.29, 1.82) is 0 Å². The molecule has 0 aliphatic carbocycles. The van der Waals surface area contributed by atoms with Crippen molar-refractivity contribution >= 4 is 11.4 Å². The highest BCUT2D eigenvalue weighted by Gasteiger charge is 2.04. The minimum atomic E-state index is 0.709. The molecule has 0 aliphatic heterocycles. The number of hydrogen-bond acceptors (Lipinski definition) is 3. The molecule has 0 saturated heterocycles. The van der Waals surface area contributed by atoms with Crippen molar-refractivity contribution in [3.8, 4) is 0 Å². The van der Waals surface area contributed by atoms with Crippen molar-refractivity contribution in [3.05, 3.63) is 57.6 Å². The van der Waals surface area contributed by atoms with Crippen LogP contribution in [0.25, 0.3) is 0 Å². The van der Waals surface area contributed by atoms with Gasteiger partial charge < -0.3 is 15.4 Å². The Balaban J connectivity index is 1.69. The lowest BCUT2D eigenvalue weighted by molar-refractivity contribution is 0.154. The first-order valence-corrected chi connectivity index (χ1v) is 9.09. The molecular formula is C22H32N2O. The quantitative estimate of drug-likeness (QED) is 0.658. The van der Waals surface area contributed by atoms with Crippen LogP contribution in [0.4, 0.5) is 11.4 Å². The van der Waals surface area contributed by atoms with E-state index >= 15 is 0 Å². The lowest BCUT2D eigenvalue weighted by atomic mass is 10.1. The van der Waals surface area contributed by atoms with Gasteiger partial charge in [-0.2, -0.15) is 0 Å². The smallest absolute Gasteiger partial charge is 0.0639 e. The molecule has 0 saturated carbocycles. The van der Waals surface area contributed by atoms with E-state index in [-0.39, 0.29) is 0 Å². The molecule has 136 valence electrons. The van der Waals surface area contributed by atoms with Crippen LogP contribution in [0.1, 0.15) is 33.4 Å². The summed E-state index contributed by atoms with van der Waals surface area (Å²) in [6, 6.07) is 8.86. The summed E-state index contributed by atoms with van der Waals surface area (Å²) in [6.45, 7) is 16.0. The van der Waals surface area contributed by atoms with Gasteiger partial charge in [-0.1, -0.05) is 35.4 Å². The average molecular weight is 341 g/mol. The first-order valence-electron chi connectivity index (χ1n) is 9.09. The van der Waals surface area contributed by atoms with Crippen molar-refractivity contribution in [2.45, 2.75) is 41.5 Å². The highest BCUT2D eigenvalue weighted by atomic mass is 16.5. The molecule has 2 aromatic rings. The molecule has 2 rings (SSSR count). The Morgan fingerprint density at radius 2 is 0.920 bits per heavy atom. The molecule has 3 heteroatoms. The number of anilines is 2. The predicted octanol–water partition coefficient (Wildman–Crippen LogP) is 5.08. The molecule has 0 radical (unpaired) electrons. The van der Waals surface area contributed by atoms with E-state index in [0.717, 1.165) is 13.1 Å². The SMILES string of the molecule is Cc1cc(C)c(NCCOCCNc2c(C)cc(C)cc2C)c(C)c1. The van der Waals surface area contributed by atoms with E-state index in [1.807, 2.05) is 0 Å². The van der Waals surface area contributed by atoms with Crippen LogP contribution in [0.5, 0.6) is 0 Å². The van der Waals surface area contributed by atoms with Crippen LogP contribution >= 0.6 is 0 Å². The van der Waals surface area contributed by atoms with E-state index in [2.05, 4.69) is 76.4 Å². The molecule has 0 atom stereocenters. The van der Waals surface area contributed by atoms with Gasteiger partial charge in [0.15, 0.2) is 0 Å². The maximum atomic E-state index is 5.76. The summed E-state index contributed by atoms with van der Waals surface area (Å²) in [4.78, 5) is 0. The third-order valence-corrected chi connectivity index (χ3v) is 4.45. The van der Waals surface area contributed by atoms with E-state index in [0.29, 0.717) is 13.2 Å². The second kappa shape index (κ2) is 8.91. The zero-order valence-corrected chi connectivity index (χ0v) is 16.5. The van der Waals surface area contributed by atoms with Gasteiger partial charge in [0, 0.05) is 24.5 Å². The number of rotatable bonds is 8. The topological polar surface area (TPSA) is 33.3 Å². The van der Waals surface area contributed by atoms with Gasteiger partial charge in [0.25, 0.3) is 0 Å². The predicted molar refractivity (Wildman–Crippen MR) is 109 cm³/mol. The number of hydrogen-bond donors (Lipinski definition) is 2. The summed E-state index contributed by atoms with van der Waals surface area (Å²) in [5.74, 6) is 0. The normalized spacial score (nSPS) is 10.8. The highest BCUT2D eigenvalue weighted by Crippen LogP contribution is 2.22. The van der Waals surface area contributed by atoms with Gasteiger partial charge in [0.2, 0.25) is 0 Å². The van der Waals surface area contributed by atoms with Crippen molar-refractivity contribution < 1.29 is 4.74 Å². The zero-order chi connectivity index (χ0) is 18.4. The second-order valence-electron chi connectivity index (χ2n) is 7.01. The van der Waals surface area contributed by atoms with E-state index in [1.54, 1.807) is 0 Å². The molecule has 0 aliphatic rings. The maximum Gasteiger partial charge on any atom is 0.0639 e. The molecule has 0 bridgehead atoms. The van der Waals surface area contributed by atoms with Crippen LogP contribution in [0.2, 0.25) is 0 Å². The summed E-state index contributed by atoms with van der Waals surface area (Å²) in [5, 5.41) is 6.99. The van der Waals surface area contributed by atoms with Crippen molar-refractivity contribution in [2.75, 3.05) is 36.9 Å². The Morgan fingerprint density at radius 1 is 0.600 bits per heavy atom. The van der Waals surface area contributed by atoms with Gasteiger partial charge in [0.05, 0.1) is 13.2 Å². The Morgan fingerprint density at radius 3 is 1.24 bits per heavy atom. The molecule has 0 heterocycles. The first kappa shape index (κ1) is 19.3. The molecule has 0 amide bonds. The number of aryl methyl sites for hydroxylation is 6. The van der Waals surface area contributed by atoms with Crippen LogP contribution in [-0.4, -0.2) is 26.3 Å². The Hall–Kier alpha value is -2.00. The Labute approximate surface area is 152 Å². The monoisotopic (exact) mass is 340 g/mol. The third-order valence-electron chi connectivity index (χ3n) is 4.45. The minimum Gasteiger partial charge on any atom is -0.382 e. The van der Waals surface area contributed by atoms with Crippen LogP contribution in [-0.2, 0) is 4.74 Å². The van der Waals surface area contributed by atoms with Crippen molar-refractivity contribution in [2.24, 2.45) is 0 Å². The molecule has 0 aromatic heterocycles. The van der Waals surface area contributed by atoms with Crippen LogP contribution in [0.15, 0.2) is 24.3 Å². The maximum absolute atomic E-state index is 5.76. The van der Waals surface area contributed by atoms with Crippen molar-refractivity contribution in [3.63, 3.8) is 0 Å². The summed E-state index contributed by atoms with van der Waals surface area (Å²) in [6.07, 6.45) is 0. The lowest BCUT2D eigenvalue weighted by Crippen LogP contribution is -2.16. The van der Waals surface area contributed by atoms with E-state index < -0.39 is 0 Å². The minimum absolute atomic E-state index is 0.709. The summed E-state index contributed by atoms with van der Waals surface area (Å²) in [5.41, 5.74) is 10.3. The van der Waals surface area contributed by atoms with E-state index in [4.69, 9.17) is 4.74 Å². The summed E-state index contributed by atoms with van der Waals surface area (Å²) in [7, 11) is 0. The fourth-order valence-electron chi connectivity index (χ4n) is 3.52. The molecular weight excluding hydrogens is 308 g/mol. The molecule has 0 fully saturated rings. The Bertz CT molecular complexity index is 614. The second-order valence-corrected chi connectivity index (χ2v) is 7.01. The summed E-state index contributed by atoms with van der Waals surface area (Å²) >= 11 is 0. The van der Waals surface area contributed by atoms with E-state index in [9.17, 15) is 0 Å². The molecule has 25 heavy (non-hydrogen) atoms. The van der Waals surface area contributed by atoms with Crippen LogP contribution < -0.4 is 10.6 Å². The van der Waals surface area contributed by atoms with E-state index in [1.165, 1.54) is 44.8 Å². The van der Waals surface area contributed by atoms with Crippen molar-refractivity contribution in [1.82, 2.24) is 0 Å².